The number of nitrogens with one attached hydrogen (secondary N) is 2. The minimum absolute atomic E-state index is 0.736. The van der Waals surface area contributed by atoms with Crippen molar-refractivity contribution in [2.45, 2.75) is 19.8 Å². The van der Waals surface area contributed by atoms with Gasteiger partial charge in [-0.1, -0.05) is 6.92 Å². The number of amidine groups is 1. The fourth-order valence-electron chi connectivity index (χ4n) is 1.50. The predicted molar refractivity (Wildman–Crippen MR) is 60.4 cm³/mol. The van der Waals surface area contributed by atoms with Crippen LogP contribution in [-0.4, -0.2) is 49.7 Å². The molecule has 0 aromatic carbocycles. The van der Waals surface area contributed by atoms with E-state index in [0.29, 0.717) is 0 Å². The number of likely N-dealkylation sites (N-methyl/N-ethyl adjacent to an activating group) is 1. The summed E-state index contributed by atoms with van der Waals surface area (Å²) in [5.41, 5.74) is 0.778. The van der Waals surface area contributed by atoms with Crippen LogP contribution in [0.4, 0.5) is 0 Å². The molecule has 0 atom stereocenters. The van der Waals surface area contributed by atoms with E-state index in [9.17, 15) is 0 Å². The van der Waals surface area contributed by atoms with Crippen molar-refractivity contribution in [3.05, 3.63) is 0 Å². The summed E-state index contributed by atoms with van der Waals surface area (Å²) in [6, 6.07) is 0. The van der Waals surface area contributed by atoms with Crippen LogP contribution in [0, 0.1) is 5.41 Å². The largest absolute Gasteiger partial charge is 0.357 e. The average molecular weight is 196 g/mol. The minimum Gasteiger partial charge on any atom is -0.357 e. The summed E-state index contributed by atoms with van der Waals surface area (Å²) in [7, 11) is 1.96. The summed E-state index contributed by atoms with van der Waals surface area (Å²) in [5.74, 6) is 1.10. The number of hydrogen-bond acceptors (Lipinski definition) is 4. The lowest BCUT2D eigenvalue weighted by atomic mass is 10.2. The van der Waals surface area contributed by atoms with Crippen molar-refractivity contribution < 1.29 is 0 Å². The van der Waals surface area contributed by atoms with Crippen LogP contribution in [0.1, 0.15) is 19.8 Å². The molecule has 0 radical (unpaired) electrons. The maximum Gasteiger partial charge on any atom is 0.105 e. The second-order valence-electron chi connectivity index (χ2n) is 3.52. The fraction of sp³-hybridized carbons (Fsp3) is 0.800. The van der Waals surface area contributed by atoms with Gasteiger partial charge in [0.2, 0.25) is 0 Å². The van der Waals surface area contributed by atoms with Crippen LogP contribution in [0.5, 0.6) is 0 Å². The Hall–Kier alpha value is -0.900. The van der Waals surface area contributed by atoms with Gasteiger partial charge in [0.05, 0.1) is 6.54 Å². The van der Waals surface area contributed by atoms with E-state index in [-0.39, 0.29) is 0 Å². The molecule has 4 heteroatoms. The third-order valence-corrected chi connectivity index (χ3v) is 2.46. The molecular formula is C10H20N4. The van der Waals surface area contributed by atoms with Crippen LogP contribution in [0.2, 0.25) is 0 Å². The summed E-state index contributed by atoms with van der Waals surface area (Å²) < 4.78 is 0. The molecule has 1 rings (SSSR count). The maximum absolute atomic E-state index is 7.65. The van der Waals surface area contributed by atoms with Gasteiger partial charge in [0.1, 0.15) is 5.84 Å². The lowest BCUT2D eigenvalue weighted by molar-refractivity contribution is 0.448. The van der Waals surface area contributed by atoms with E-state index in [1.807, 2.05) is 14.0 Å². The molecule has 0 bridgehead atoms. The quantitative estimate of drug-likeness (QED) is 0.616. The zero-order valence-electron chi connectivity index (χ0n) is 9.14. The number of aliphatic imine (C=N–C) groups is 1. The molecule has 2 N–H and O–H groups in total. The van der Waals surface area contributed by atoms with E-state index >= 15 is 0 Å². The average Bonchev–Trinajstić information content (AvgIpc) is 2.62. The van der Waals surface area contributed by atoms with Gasteiger partial charge in [-0.3, -0.25) is 4.99 Å². The molecule has 0 saturated carbocycles. The first-order valence-electron chi connectivity index (χ1n) is 5.27. The molecule has 0 amide bonds. The molecule has 0 fully saturated rings. The second-order valence-corrected chi connectivity index (χ2v) is 3.52. The van der Waals surface area contributed by atoms with Crippen LogP contribution in [-0.2, 0) is 0 Å². The van der Waals surface area contributed by atoms with Gasteiger partial charge in [0, 0.05) is 31.8 Å². The van der Waals surface area contributed by atoms with Crippen LogP contribution < -0.4 is 5.32 Å². The van der Waals surface area contributed by atoms with Crippen molar-refractivity contribution in [1.29, 1.82) is 5.41 Å². The van der Waals surface area contributed by atoms with Gasteiger partial charge in [0.15, 0.2) is 0 Å². The molecule has 0 aromatic heterocycles. The van der Waals surface area contributed by atoms with Gasteiger partial charge in [-0.25, -0.2) is 0 Å². The van der Waals surface area contributed by atoms with Crippen molar-refractivity contribution in [3.8, 4) is 0 Å². The van der Waals surface area contributed by atoms with Crippen molar-refractivity contribution in [3.63, 3.8) is 0 Å². The Kier molecular flexibility index (Phi) is 4.59. The molecule has 0 unspecified atom stereocenters. The Morgan fingerprint density at radius 1 is 1.64 bits per heavy atom. The summed E-state index contributed by atoms with van der Waals surface area (Å²) in [6.07, 6.45) is 1.57. The Morgan fingerprint density at radius 2 is 2.43 bits per heavy atom. The van der Waals surface area contributed by atoms with E-state index in [0.717, 1.165) is 50.6 Å². The lowest BCUT2D eigenvalue weighted by Gasteiger charge is -2.20. The van der Waals surface area contributed by atoms with Crippen molar-refractivity contribution >= 4 is 11.5 Å². The second kappa shape index (κ2) is 5.75. The van der Waals surface area contributed by atoms with E-state index in [1.165, 1.54) is 0 Å². The molecule has 80 valence electrons. The SMILES string of the molecule is CCC(=N)CC1=NCCN1CCNC. The Morgan fingerprint density at radius 3 is 3.07 bits per heavy atom. The highest BCUT2D eigenvalue weighted by atomic mass is 15.2. The molecule has 1 heterocycles. The molecule has 1 aliphatic heterocycles. The Bertz CT molecular complexity index is 222. The van der Waals surface area contributed by atoms with Crippen LogP contribution >= 0.6 is 0 Å². The molecule has 4 nitrogen and oxygen atoms in total. The first kappa shape index (κ1) is 11.2. The highest BCUT2D eigenvalue weighted by Crippen LogP contribution is 2.06. The zero-order valence-corrected chi connectivity index (χ0v) is 9.14. The highest BCUT2D eigenvalue weighted by Gasteiger charge is 2.16. The third kappa shape index (κ3) is 3.10. The van der Waals surface area contributed by atoms with E-state index in [4.69, 9.17) is 5.41 Å². The standard InChI is InChI=1S/C10H20N4/c1-3-9(11)8-10-13-5-7-14(10)6-4-12-2/h11-12H,3-8H2,1-2H3. The summed E-state index contributed by atoms with van der Waals surface area (Å²) in [6.45, 7) is 5.94. The van der Waals surface area contributed by atoms with Gasteiger partial charge in [-0.15, -0.1) is 0 Å². The van der Waals surface area contributed by atoms with Crippen molar-refractivity contribution in [2.24, 2.45) is 4.99 Å². The Labute approximate surface area is 85.9 Å². The van der Waals surface area contributed by atoms with Gasteiger partial charge >= 0.3 is 0 Å². The molecule has 0 saturated heterocycles. The molecule has 0 spiro atoms. The lowest BCUT2D eigenvalue weighted by Crippen LogP contribution is -2.34. The topological polar surface area (TPSA) is 51.5 Å². The van der Waals surface area contributed by atoms with Gasteiger partial charge in [-0.05, 0) is 13.5 Å². The maximum atomic E-state index is 7.65. The first-order chi connectivity index (χ1) is 6.77. The van der Waals surface area contributed by atoms with E-state index in [1.54, 1.807) is 0 Å². The minimum atomic E-state index is 0.736. The number of hydrogen-bond donors (Lipinski definition) is 2. The summed E-state index contributed by atoms with van der Waals surface area (Å²) in [4.78, 5) is 6.71. The van der Waals surface area contributed by atoms with Crippen LogP contribution in [0.3, 0.4) is 0 Å². The van der Waals surface area contributed by atoms with Gasteiger partial charge in [0.25, 0.3) is 0 Å². The van der Waals surface area contributed by atoms with Crippen molar-refractivity contribution in [2.75, 3.05) is 33.2 Å². The predicted octanol–water partition coefficient (Wildman–Crippen LogP) is 0.740. The number of rotatable bonds is 6. The van der Waals surface area contributed by atoms with Gasteiger partial charge in [-0.2, -0.15) is 0 Å². The molecule has 14 heavy (non-hydrogen) atoms. The highest BCUT2D eigenvalue weighted by molar-refractivity contribution is 6.02. The molecule has 0 aromatic rings. The summed E-state index contributed by atoms with van der Waals surface area (Å²) >= 11 is 0. The third-order valence-electron chi connectivity index (χ3n) is 2.46. The monoisotopic (exact) mass is 196 g/mol. The summed E-state index contributed by atoms with van der Waals surface area (Å²) in [5, 5.41) is 10.8. The Balaban J connectivity index is 2.38. The zero-order chi connectivity index (χ0) is 10.4. The van der Waals surface area contributed by atoms with Crippen LogP contribution in [0.15, 0.2) is 4.99 Å². The van der Waals surface area contributed by atoms with Gasteiger partial charge < -0.3 is 15.6 Å². The molecule has 0 aliphatic carbocycles. The van der Waals surface area contributed by atoms with E-state index in [2.05, 4.69) is 15.2 Å². The smallest absolute Gasteiger partial charge is 0.105 e. The first-order valence-corrected chi connectivity index (χ1v) is 5.27. The number of nitrogens with zero attached hydrogens (tertiary/aromatic N) is 2. The fourth-order valence-corrected chi connectivity index (χ4v) is 1.50. The van der Waals surface area contributed by atoms with Crippen LogP contribution in [0.25, 0.3) is 0 Å². The van der Waals surface area contributed by atoms with Crippen molar-refractivity contribution in [1.82, 2.24) is 10.2 Å². The molecular weight excluding hydrogens is 176 g/mol. The molecule has 1 aliphatic rings. The van der Waals surface area contributed by atoms with E-state index < -0.39 is 0 Å². The normalized spacial score (nSPS) is 15.9.